The average molecular weight is 327 g/mol. The van der Waals surface area contributed by atoms with Gasteiger partial charge in [-0.05, 0) is 25.5 Å². The van der Waals surface area contributed by atoms with Gasteiger partial charge in [-0.3, -0.25) is 4.79 Å². The van der Waals surface area contributed by atoms with E-state index in [0.717, 1.165) is 16.9 Å². The molecule has 0 aliphatic heterocycles. The Morgan fingerprint density at radius 3 is 2.46 bits per heavy atom. The highest BCUT2D eigenvalue weighted by Crippen LogP contribution is 2.19. The van der Waals surface area contributed by atoms with Crippen molar-refractivity contribution in [3.8, 4) is 5.75 Å². The number of para-hydroxylation sites is 1. The average Bonchev–Trinajstić information content (AvgIpc) is 2.55. The van der Waals surface area contributed by atoms with Gasteiger partial charge in [0.1, 0.15) is 5.75 Å². The first-order valence-corrected chi connectivity index (χ1v) is 8.28. The molecule has 0 heterocycles. The number of aliphatic hydroxyl groups excluding tert-OH is 1. The van der Waals surface area contributed by atoms with Crippen molar-refractivity contribution >= 4 is 5.91 Å². The van der Waals surface area contributed by atoms with Crippen molar-refractivity contribution in [2.24, 2.45) is 0 Å². The van der Waals surface area contributed by atoms with Crippen molar-refractivity contribution in [1.82, 2.24) is 5.32 Å². The second-order valence-corrected chi connectivity index (χ2v) is 6.10. The summed E-state index contributed by atoms with van der Waals surface area (Å²) in [6, 6.07) is 17.3. The standard InChI is InChI=1S/C20H25NO3/c1-15(2)24-19-11-7-6-10-17(19)13-20(23)21-14-18(22)12-16-8-4-3-5-9-16/h3-11,15,18,22H,12-14H2,1-2H3,(H,21,23). The van der Waals surface area contributed by atoms with Crippen LogP contribution in [0.5, 0.6) is 5.75 Å². The fraction of sp³-hybridized carbons (Fsp3) is 0.350. The first-order valence-electron chi connectivity index (χ1n) is 8.28. The highest BCUT2D eigenvalue weighted by Gasteiger charge is 2.12. The van der Waals surface area contributed by atoms with Crippen LogP contribution in [0.1, 0.15) is 25.0 Å². The van der Waals surface area contributed by atoms with E-state index < -0.39 is 6.10 Å². The summed E-state index contributed by atoms with van der Waals surface area (Å²) in [5, 5.41) is 12.8. The lowest BCUT2D eigenvalue weighted by molar-refractivity contribution is -0.120. The lowest BCUT2D eigenvalue weighted by Crippen LogP contribution is -2.34. The van der Waals surface area contributed by atoms with E-state index in [4.69, 9.17) is 4.74 Å². The van der Waals surface area contributed by atoms with Crippen molar-refractivity contribution in [2.75, 3.05) is 6.54 Å². The van der Waals surface area contributed by atoms with Gasteiger partial charge in [0, 0.05) is 18.5 Å². The van der Waals surface area contributed by atoms with Crippen molar-refractivity contribution in [3.05, 3.63) is 65.7 Å². The zero-order chi connectivity index (χ0) is 17.4. The number of carbonyl (C=O) groups is 1. The molecule has 0 aliphatic rings. The summed E-state index contributed by atoms with van der Waals surface area (Å²) in [6.45, 7) is 4.15. The smallest absolute Gasteiger partial charge is 0.224 e. The zero-order valence-corrected chi connectivity index (χ0v) is 14.2. The summed E-state index contributed by atoms with van der Waals surface area (Å²) in [5.41, 5.74) is 1.90. The second-order valence-electron chi connectivity index (χ2n) is 6.10. The van der Waals surface area contributed by atoms with Crippen LogP contribution in [0.25, 0.3) is 0 Å². The Balaban J connectivity index is 1.83. The number of rotatable bonds is 8. The highest BCUT2D eigenvalue weighted by molar-refractivity contribution is 5.79. The minimum atomic E-state index is -0.599. The van der Waals surface area contributed by atoms with E-state index in [1.54, 1.807) is 0 Å². The van der Waals surface area contributed by atoms with E-state index in [-0.39, 0.29) is 25.0 Å². The van der Waals surface area contributed by atoms with Crippen LogP contribution >= 0.6 is 0 Å². The van der Waals surface area contributed by atoms with Gasteiger partial charge in [-0.25, -0.2) is 0 Å². The lowest BCUT2D eigenvalue weighted by atomic mass is 10.1. The number of ether oxygens (including phenoxy) is 1. The van der Waals surface area contributed by atoms with Gasteiger partial charge < -0.3 is 15.2 Å². The maximum Gasteiger partial charge on any atom is 0.224 e. The van der Waals surface area contributed by atoms with Gasteiger partial charge >= 0.3 is 0 Å². The van der Waals surface area contributed by atoms with E-state index in [0.29, 0.717) is 6.42 Å². The Hall–Kier alpha value is -2.33. The largest absolute Gasteiger partial charge is 0.491 e. The molecular weight excluding hydrogens is 302 g/mol. The van der Waals surface area contributed by atoms with Gasteiger partial charge in [0.2, 0.25) is 5.91 Å². The zero-order valence-electron chi connectivity index (χ0n) is 14.2. The summed E-state index contributed by atoms with van der Waals surface area (Å²) in [6.07, 6.45) is 0.218. The third-order valence-electron chi connectivity index (χ3n) is 3.54. The summed E-state index contributed by atoms with van der Waals surface area (Å²) < 4.78 is 5.72. The lowest BCUT2D eigenvalue weighted by Gasteiger charge is -2.15. The number of hydrogen-bond donors (Lipinski definition) is 2. The molecule has 2 N–H and O–H groups in total. The molecule has 4 nitrogen and oxygen atoms in total. The molecule has 2 aromatic rings. The van der Waals surface area contributed by atoms with Gasteiger partial charge in [0.25, 0.3) is 0 Å². The molecule has 1 unspecified atom stereocenters. The molecule has 0 fully saturated rings. The quantitative estimate of drug-likeness (QED) is 0.784. The Bertz CT molecular complexity index is 640. The molecule has 0 spiro atoms. The molecule has 128 valence electrons. The van der Waals surface area contributed by atoms with E-state index in [1.165, 1.54) is 0 Å². The molecule has 2 rings (SSSR count). The van der Waals surface area contributed by atoms with Crippen molar-refractivity contribution in [1.29, 1.82) is 0 Å². The highest BCUT2D eigenvalue weighted by atomic mass is 16.5. The Morgan fingerprint density at radius 2 is 1.75 bits per heavy atom. The van der Waals surface area contributed by atoms with Crippen molar-refractivity contribution in [3.63, 3.8) is 0 Å². The van der Waals surface area contributed by atoms with Crippen LogP contribution < -0.4 is 10.1 Å². The maximum absolute atomic E-state index is 12.1. The fourth-order valence-corrected chi connectivity index (χ4v) is 2.44. The summed E-state index contributed by atoms with van der Waals surface area (Å²) in [5.74, 6) is 0.606. The number of nitrogens with one attached hydrogen (secondary N) is 1. The van der Waals surface area contributed by atoms with Gasteiger partial charge in [-0.2, -0.15) is 0 Å². The molecule has 0 radical (unpaired) electrons. The van der Waals surface area contributed by atoms with Crippen LogP contribution in [0, 0.1) is 0 Å². The third kappa shape index (κ3) is 6.05. The van der Waals surface area contributed by atoms with Crippen LogP contribution in [-0.2, 0) is 17.6 Å². The molecule has 0 aliphatic carbocycles. The van der Waals surface area contributed by atoms with Crippen LogP contribution in [0.3, 0.4) is 0 Å². The minimum absolute atomic E-state index is 0.0573. The number of aliphatic hydroxyl groups is 1. The summed E-state index contributed by atoms with van der Waals surface area (Å²) >= 11 is 0. The molecule has 1 amide bonds. The summed E-state index contributed by atoms with van der Waals surface area (Å²) in [7, 11) is 0. The van der Waals surface area contributed by atoms with E-state index in [9.17, 15) is 9.90 Å². The van der Waals surface area contributed by atoms with Crippen LogP contribution in [-0.4, -0.2) is 29.8 Å². The first-order chi connectivity index (χ1) is 11.5. The molecule has 0 saturated carbocycles. The van der Waals surface area contributed by atoms with E-state index >= 15 is 0 Å². The molecule has 0 saturated heterocycles. The Morgan fingerprint density at radius 1 is 1.08 bits per heavy atom. The van der Waals surface area contributed by atoms with E-state index in [1.807, 2.05) is 68.4 Å². The van der Waals surface area contributed by atoms with E-state index in [2.05, 4.69) is 5.32 Å². The van der Waals surface area contributed by atoms with Gasteiger partial charge in [0.15, 0.2) is 0 Å². The predicted molar refractivity (Wildman–Crippen MR) is 95.1 cm³/mol. The third-order valence-corrected chi connectivity index (χ3v) is 3.54. The van der Waals surface area contributed by atoms with Crippen LogP contribution in [0.4, 0.5) is 0 Å². The number of amides is 1. The molecule has 0 bridgehead atoms. The van der Waals surface area contributed by atoms with Gasteiger partial charge in [0.05, 0.1) is 18.6 Å². The molecule has 1 atom stereocenters. The van der Waals surface area contributed by atoms with Crippen LogP contribution in [0.15, 0.2) is 54.6 Å². The van der Waals surface area contributed by atoms with Gasteiger partial charge in [-0.1, -0.05) is 48.5 Å². The second kappa shape index (κ2) is 9.08. The first kappa shape index (κ1) is 18.0. The number of hydrogen-bond acceptors (Lipinski definition) is 3. The van der Waals surface area contributed by atoms with Gasteiger partial charge in [-0.15, -0.1) is 0 Å². The molecule has 4 heteroatoms. The predicted octanol–water partition coefficient (Wildman–Crippen LogP) is 2.74. The summed E-state index contributed by atoms with van der Waals surface area (Å²) in [4.78, 5) is 12.1. The SMILES string of the molecule is CC(C)Oc1ccccc1CC(=O)NCC(O)Cc1ccccc1. The monoisotopic (exact) mass is 327 g/mol. The maximum atomic E-state index is 12.1. The minimum Gasteiger partial charge on any atom is -0.491 e. The van der Waals surface area contributed by atoms with Crippen molar-refractivity contribution in [2.45, 2.75) is 38.9 Å². The normalized spacial score (nSPS) is 12.0. The molecule has 24 heavy (non-hydrogen) atoms. The number of carbonyl (C=O) groups excluding carboxylic acids is 1. The molecule has 0 aromatic heterocycles. The fourth-order valence-electron chi connectivity index (χ4n) is 2.44. The topological polar surface area (TPSA) is 58.6 Å². The van der Waals surface area contributed by atoms with Crippen LogP contribution in [0.2, 0.25) is 0 Å². The number of benzene rings is 2. The molecule has 2 aromatic carbocycles. The molecular formula is C20H25NO3. The Labute approximate surface area is 143 Å². The Kier molecular flexibility index (Phi) is 6.82. The van der Waals surface area contributed by atoms with Crippen molar-refractivity contribution < 1.29 is 14.6 Å².